The molecule has 0 heterocycles. The second-order valence-electron chi connectivity index (χ2n) is 9.59. The molecule has 0 aromatic heterocycles. The number of aryl methyl sites for hydroxylation is 1. The van der Waals surface area contributed by atoms with Crippen LogP contribution in [0.15, 0.2) is 77.7 Å². The zero-order valence-corrected chi connectivity index (χ0v) is 25.1. The van der Waals surface area contributed by atoms with Crippen LogP contribution in [0.25, 0.3) is 0 Å². The third-order valence-corrected chi connectivity index (χ3v) is 8.41. The SMILES string of the molecule is CCCNC(=O)[C@@H](CC)N(Cc1cccc(C)c1)C(=O)CN(c1cc(OC)ccc1OC)S(=O)(=O)c1ccccc1. The third-order valence-electron chi connectivity index (χ3n) is 6.64. The highest BCUT2D eigenvalue weighted by Gasteiger charge is 2.35. The molecule has 10 heteroatoms. The number of amides is 2. The van der Waals surface area contributed by atoms with Gasteiger partial charge in [0.1, 0.15) is 24.1 Å². The minimum Gasteiger partial charge on any atom is -0.497 e. The van der Waals surface area contributed by atoms with E-state index in [1.165, 1.54) is 37.3 Å². The van der Waals surface area contributed by atoms with Crippen molar-refractivity contribution in [1.29, 1.82) is 0 Å². The van der Waals surface area contributed by atoms with Crippen molar-refractivity contribution in [3.8, 4) is 11.5 Å². The quantitative estimate of drug-likeness (QED) is 0.300. The lowest BCUT2D eigenvalue weighted by atomic mass is 10.1. The fourth-order valence-electron chi connectivity index (χ4n) is 4.52. The average Bonchev–Trinajstić information content (AvgIpc) is 2.98. The van der Waals surface area contributed by atoms with Gasteiger partial charge in [-0.05, 0) is 49.6 Å². The number of sulfonamides is 1. The van der Waals surface area contributed by atoms with Crippen molar-refractivity contribution in [3.63, 3.8) is 0 Å². The summed E-state index contributed by atoms with van der Waals surface area (Å²) in [5.74, 6) is -0.180. The summed E-state index contributed by atoms with van der Waals surface area (Å²) in [6, 6.07) is 19.5. The van der Waals surface area contributed by atoms with Gasteiger partial charge < -0.3 is 19.7 Å². The van der Waals surface area contributed by atoms with Crippen LogP contribution in [0.3, 0.4) is 0 Å². The fraction of sp³-hybridized carbons (Fsp3) is 0.355. The molecule has 0 saturated heterocycles. The molecule has 0 aliphatic rings. The van der Waals surface area contributed by atoms with Crippen LogP contribution >= 0.6 is 0 Å². The van der Waals surface area contributed by atoms with Crippen molar-refractivity contribution >= 4 is 27.5 Å². The highest BCUT2D eigenvalue weighted by Crippen LogP contribution is 2.36. The van der Waals surface area contributed by atoms with Crippen molar-refractivity contribution in [2.45, 2.75) is 51.1 Å². The maximum Gasteiger partial charge on any atom is 0.264 e. The number of nitrogens with zero attached hydrogens (tertiary/aromatic N) is 2. The number of carbonyl (C=O) groups is 2. The summed E-state index contributed by atoms with van der Waals surface area (Å²) in [7, 11) is -1.34. The van der Waals surface area contributed by atoms with Gasteiger partial charge in [-0.2, -0.15) is 0 Å². The topological polar surface area (TPSA) is 105 Å². The lowest BCUT2D eigenvalue weighted by Crippen LogP contribution is -2.52. The van der Waals surface area contributed by atoms with E-state index in [0.717, 1.165) is 21.9 Å². The van der Waals surface area contributed by atoms with Crippen molar-refractivity contribution in [1.82, 2.24) is 10.2 Å². The predicted octanol–water partition coefficient (Wildman–Crippen LogP) is 4.54. The molecule has 0 spiro atoms. The Morgan fingerprint density at radius 2 is 1.66 bits per heavy atom. The standard InChI is InChI=1S/C31H39N3O6S/c1-6-18-32-31(36)27(7-2)33(21-24-13-11-12-23(3)19-24)30(35)22-34(41(37,38)26-14-9-8-10-15-26)28-20-25(39-4)16-17-29(28)40-5/h8-17,19-20,27H,6-7,18,21-22H2,1-5H3,(H,32,36)/t27-/m1/s1. The van der Waals surface area contributed by atoms with Crippen LogP contribution in [0.1, 0.15) is 37.8 Å². The monoisotopic (exact) mass is 581 g/mol. The maximum absolute atomic E-state index is 14.2. The molecule has 220 valence electrons. The number of ether oxygens (including phenoxy) is 2. The Hall–Kier alpha value is -4.05. The third kappa shape index (κ3) is 7.79. The van der Waals surface area contributed by atoms with Crippen LogP contribution in [0.4, 0.5) is 5.69 Å². The summed E-state index contributed by atoms with van der Waals surface area (Å²) >= 11 is 0. The zero-order chi connectivity index (χ0) is 30.0. The number of hydrogen-bond acceptors (Lipinski definition) is 6. The van der Waals surface area contributed by atoms with Gasteiger partial charge in [-0.25, -0.2) is 8.42 Å². The van der Waals surface area contributed by atoms with Gasteiger partial charge in [-0.3, -0.25) is 13.9 Å². The van der Waals surface area contributed by atoms with Gasteiger partial charge in [0.05, 0.1) is 24.8 Å². The molecule has 2 amide bonds. The van der Waals surface area contributed by atoms with Gasteiger partial charge in [0.25, 0.3) is 10.0 Å². The lowest BCUT2D eigenvalue weighted by Gasteiger charge is -2.33. The van der Waals surface area contributed by atoms with Crippen molar-refractivity contribution in [3.05, 3.63) is 83.9 Å². The minimum atomic E-state index is -4.24. The summed E-state index contributed by atoms with van der Waals surface area (Å²) in [5, 5.41) is 2.89. The van der Waals surface area contributed by atoms with E-state index in [2.05, 4.69) is 5.32 Å². The Morgan fingerprint density at radius 1 is 0.927 bits per heavy atom. The Morgan fingerprint density at radius 3 is 2.27 bits per heavy atom. The first-order valence-electron chi connectivity index (χ1n) is 13.6. The number of hydrogen-bond donors (Lipinski definition) is 1. The molecule has 0 aliphatic heterocycles. The van der Waals surface area contributed by atoms with E-state index in [9.17, 15) is 18.0 Å². The Balaban J connectivity index is 2.13. The highest BCUT2D eigenvalue weighted by atomic mass is 32.2. The molecule has 0 aliphatic carbocycles. The van der Waals surface area contributed by atoms with Crippen LogP contribution in [-0.2, 0) is 26.2 Å². The van der Waals surface area contributed by atoms with E-state index in [4.69, 9.17) is 9.47 Å². The fourth-order valence-corrected chi connectivity index (χ4v) is 5.95. The first kappa shape index (κ1) is 31.5. The molecule has 41 heavy (non-hydrogen) atoms. The van der Waals surface area contributed by atoms with E-state index in [0.29, 0.717) is 18.7 Å². The van der Waals surface area contributed by atoms with Crippen molar-refractivity contribution < 1.29 is 27.5 Å². The van der Waals surface area contributed by atoms with E-state index in [1.54, 1.807) is 30.3 Å². The molecular formula is C31H39N3O6S. The predicted molar refractivity (Wildman–Crippen MR) is 160 cm³/mol. The molecule has 3 aromatic rings. The summed E-state index contributed by atoms with van der Waals surface area (Å²) in [6.07, 6.45) is 1.09. The van der Waals surface area contributed by atoms with Gasteiger partial charge in [0.15, 0.2) is 0 Å². The Kier molecular flexibility index (Phi) is 11.2. The summed E-state index contributed by atoms with van der Waals surface area (Å²) in [4.78, 5) is 28.9. The molecule has 1 N–H and O–H groups in total. The maximum atomic E-state index is 14.2. The highest BCUT2D eigenvalue weighted by molar-refractivity contribution is 7.92. The first-order valence-corrected chi connectivity index (χ1v) is 15.0. The summed E-state index contributed by atoms with van der Waals surface area (Å²) < 4.78 is 40.0. The van der Waals surface area contributed by atoms with E-state index in [-0.39, 0.29) is 28.8 Å². The van der Waals surface area contributed by atoms with Crippen LogP contribution in [0.5, 0.6) is 11.5 Å². The Labute approximate surface area is 243 Å². The van der Waals surface area contributed by atoms with E-state index < -0.39 is 28.5 Å². The molecule has 0 fully saturated rings. The number of benzene rings is 3. The lowest BCUT2D eigenvalue weighted by molar-refractivity contribution is -0.140. The number of anilines is 1. The van der Waals surface area contributed by atoms with Gasteiger partial charge in [0, 0.05) is 19.2 Å². The second-order valence-corrected chi connectivity index (χ2v) is 11.5. The first-order chi connectivity index (χ1) is 19.7. The van der Waals surface area contributed by atoms with E-state index in [1.807, 2.05) is 45.0 Å². The van der Waals surface area contributed by atoms with Gasteiger partial charge >= 0.3 is 0 Å². The number of carbonyl (C=O) groups excluding carboxylic acids is 2. The smallest absolute Gasteiger partial charge is 0.264 e. The molecular weight excluding hydrogens is 542 g/mol. The van der Waals surface area contributed by atoms with Gasteiger partial charge in [-0.15, -0.1) is 0 Å². The number of nitrogens with one attached hydrogen (secondary N) is 1. The van der Waals surface area contributed by atoms with Crippen LogP contribution in [-0.4, -0.2) is 58.5 Å². The zero-order valence-electron chi connectivity index (χ0n) is 24.3. The molecule has 0 saturated carbocycles. The average molecular weight is 582 g/mol. The molecule has 3 rings (SSSR count). The second kappa shape index (κ2) is 14.5. The molecule has 3 aromatic carbocycles. The summed E-state index contributed by atoms with van der Waals surface area (Å²) in [5.41, 5.74) is 1.98. The van der Waals surface area contributed by atoms with Gasteiger partial charge in [-0.1, -0.05) is 61.9 Å². The molecule has 0 bridgehead atoms. The van der Waals surface area contributed by atoms with Crippen molar-refractivity contribution in [2.24, 2.45) is 0 Å². The van der Waals surface area contributed by atoms with Crippen LogP contribution < -0.4 is 19.1 Å². The Bertz CT molecular complexity index is 1430. The largest absolute Gasteiger partial charge is 0.497 e. The van der Waals surface area contributed by atoms with E-state index >= 15 is 0 Å². The molecule has 1 atom stereocenters. The molecule has 0 radical (unpaired) electrons. The molecule has 0 unspecified atom stereocenters. The van der Waals surface area contributed by atoms with Crippen LogP contribution in [0, 0.1) is 6.92 Å². The molecule has 9 nitrogen and oxygen atoms in total. The number of methoxy groups -OCH3 is 2. The number of rotatable bonds is 14. The normalized spacial score (nSPS) is 11.8. The van der Waals surface area contributed by atoms with Crippen molar-refractivity contribution in [2.75, 3.05) is 31.6 Å². The van der Waals surface area contributed by atoms with Crippen LogP contribution in [0.2, 0.25) is 0 Å². The summed E-state index contributed by atoms with van der Waals surface area (Å²) in [6.45, 7) is 5.76. The van der Waals surface area contributed by atoms with Gasteiger partial charge in [0.2, 0.25) is 11.8 Å². The minimum absolute atomic E-state index is 0.00985.